The average molecular weight is 2120 g/mol. The molecule has 0 saturated carbocycles. The second-order valence-electron chi connectivity index (χ2n) is 27.8. The van der Waals surface area contributed by atoms with Crippen LogP contribution in [0.25, 0.3) is 44.7 Å². The molecule has 0 unspecified atom stereocenters. The van der Waals surface area contributed by atoms with Gasteiger partial charge in [-0.15, -0.1) is 0 Å². The highest BCUT2D eigenvalue weighted by Gasteiger charge is 2.34. The highest BCUT2D eigenvalue weighted by Crippen LogP contribution is 2.49. The molecule has 0 fully saturated rings. The number of ether oxygens (including phenoxy) is 6. The number of nitrogens with one attached hydrogen (secondary N) is 4. The van der Waals surface area contributed by atoms with E-state index in [2.05, 4.69) is 193 Å². The molecule has 0 aliphatic carbocycles. The summed E-state index contributed by atoms with van der Waals surface area (Å²) in [6.45, 7) is 24.2. The number of halogens is 8. The lowest BCUT2D eigenvalue weighted by atomic mass is 10.1. The van der Waals surface area contributed by atoms with Crippen LogP contribution in [0.15, 0.2) is 89.8 Å². The van der Waals surface area contributed by atoms with E-state index in [0.717, 1.165) is 152 Å². The number of hydrogen-bond acceptors (Lipinski definition) is 30. The maximum Gasteiger partial charge on any atom is 0.231 e. The Morgan fingerprint density at radius 3 is 1.16 bits per heavy atom. The van der Waals surface area contributed by atoms with Crippen molar-refractivity contribution < 1.29 is 46.0 Å². The van der Waals surface area contributed by atoms with E-state index in [1.807, 2.05) is 43.9 Å². The topological polar surface area (TPSA) is 382 Å². The zero-order chi connectivity index (χ0) is 82.2. The molecule has 16 rings (SSSR count). The molecular weight excluding hydrogens is 2030 g/mol. The number of aryl methyl sites for hydroxylation is 4. The third kappa shape index (κ3) is 20.0. The lowest BCUT2D eigenvalue weighted by Crippen LogP contribution is -2.24. The van der Waals surface area contributed by atoms with E-state index >= 15 is 8.78 Å². The van der Waals surface area contributed by atoms with Gasteiger partial charge in [-0.3, -0.25) is 0 Å². The van der Waals surface area contributed by atoms with E-state index in [4.69, 9.17) is 61.3 Å². The number of aromatic nitrogens is 16. The Kier molecular flexibility index (Phi) is 29.5. The molecule has 12 heterocycles. The first-order chi connectivity index (χ1) is 55.8. The largest absolute Gasteiger partial charge is 0.493 e. The van der Waals surface area contributed by atoms with Crippen LogP contribution in [0, 0.1) is 37.5 Å². The molecule has 4 aromatic carbocycles. The van der Waals surface area contributed by atoms with Crippen molar-refractivity contribution in [2.45, 2.75) is 184 Å². The van der Waals surface area contributed by atoms with Gasteiger partial charge in [0.1, 0.15) is 36.9 Å². The zero-order valence-electron chi connectivity index (χ0n) is 64.2. The van der Waals surface area contributed by atoms with Crippen LogP contribution in [0.4, 0.5) is 40.8 Å². The summed E-state index contributed by atoms with van der Waals surface area (Å²) in [4.78, 5) is 54.8. The maximum atomic E-state index is 15.2. The molecular formula is C74H84F4I4N24O6S4. The Morgan fingerprint density at radius 1 is 0.397 bits per heavy atom. The summed E-state index contributed by atoms with van der Waals surface area (Å²) in [6, 6.07) is 9.98. The molecule has 0 bridgehead atoms. The summed E-state index contributed by atoms with van der Waals surface area (Å²) in [7, 11) is 0. The average Bonchev–Trinajstić information content (AvgIpc) is 1.55. The third-order valence-electron chi connectivity index (χ3n) is 18.0. The van der Waals surface area contributed by atoms with Gasteiger partial charge in [0.25, 0.3) is 0 Å². The fourth-order valence-corrected chi connectivity index (χ4v) is 19.5. The first-order valence-electron chi connectivity index (χ1n) is 37.2. The van der Waals surface area contributed by atoms with E-state index in [9.17, 15) is 8.78 Å². The minimum atomic E-state index is -0.683. The Hall–Kier alpha value is -7.04. The summed E-state index contributed by atoms with van der Waals surface area (Å²) in [6.07, 6.45) is 10.6. The Bertz CT molecular complexity index is 5240. The van der Waals surface area contributed by atoms with Crippen LogP contribution < -0.4 is 72.6 Å². The van der Waals surface area contributed by atoms with Gasteiger partial charge in [0.2, 0.25) is 25.1 Å². The van der Waals surface area contributed by atoms with Crippen LogP contribution in [0.2, 0.25) is 0 Å². The number of nitrogens with zero attached hydrogens (tertiary/aromatic N) is 16. The van der Waals surface area contributed by atoms with Crippen molar-refractivity contribution in [3.05, 3.63) is 98.3 Å². The summed E-state index contributed by atoms with van der Waals surface area (Å²) in [5.74, 6) is 1.08. The second kappa shape index (κ2) is 39.4. The molecule has 12 aromatic rings. The second-order valence-corrected chi connectivity index (χ2v) is 36.3. The molecule has 116 heavy (non-hydrogen) atoms. The van der Waals surface area contributed by atoms with Crippen molar-refractivity contribution in [3.8, 4) is 34.5 Å². The number of nitrogens with two attached hydrogens (primary N) is 4. The summed E-state index contributed by atoms with van der Waals surface area (Å²) >= 11 is 13.5. The molecule has 0 spiro atoms. The molecule has 8 aromatic heterocycles. The lowest BCUT2D eigenvalue weighted by molar-refractivity contribution is 0.168. The number of hydrogen-bond donors (Lipinski definition) is 8. The highest BCUT2D eigenvalue weighted by molar-refractivity contribution is 14.1. The fourth-order valence-electron chi connectivity index (χ4n) is 12.5. The van der Waals surface area contributed by atoms with Gasteiger partial charge < -0.3 is 90.9 Å². The van der Waals surface area contributed by atoms with E-state index < -0.39 is 23.3 Å². The summed E-state index contributed by atoms with van der Waals surface area (Å²) in [5.41, 5.74) is 30.4. The standard InChI is InChI=1S/C19H21F2IN6OS.C19H23IN6OS.C18H19F2IN6O2S.C18H21IN6O2S/c1-9(2)24-5-3-6-28-18-14(17(23)25-8-26-18)27-19(28)30-16-11(20)10-4-7-29-15(10)12(21)13(16)22;1-11(2)22-5-3-6-26-18-16(17(21)23-10-24-18)25-19(26)28-15-8-12-4-7-27-14(12)9-13(15)20;1-8(2)23-4-3-5-27-17-12(16(22)24-6-25-17)26-18(27)30-15-10(20)14-13(28-7-29-14)9(19)11(15)21;1-10(2)21-4-3-5-25-17-15(16(20)22-8-23-17)24-18(25)28-14-7-13-12(6-11(14)19)26-9-27-13/h8-9,24H,3-7H2,1-2H3,(H2,23,25,26);8-11,22H,3-7H2,1-2H3,(H2,21,23,24);6,8,23H,3-5,7H2,1-2H3,(H2,22,24,25);6-8,10,21H,3-5,9H2,1-2H3,(H2,20,22,23)/i21-1;27-1;19+0,20+0;. The molecule has 4 aliphatic rings. The fraction of sp³-hybridized carbons (Fsp3) is 0.405. The molecule has 616 valence electrons. The van der Waals surface area contributed by atoms with E-state index in [1.54, 1.807) is 46.1 Å². The third-order valence-corrected chi connectivity index (χ3v) is 27.6. The molecule has 0 saturated heterocycles. The molecule has 0 amide bonds. The van der Waals surface area contributed by atoms with Gasteiger partial charge in [0.05, 0.1) is 30.1 Å². The van der Waals surface area contributed by atoms with Crippen molar-refractivity contribution in [3.63, 3.8) is 0 Å². The normalized spacial score (nSPS) is 13.1. The van der Waals surface area contributed by atoms with Crippen molar-refractivity contribution in [1.29, 1.82) is 0 Å². The SMILES string of the molecule is CC(C)NCCCn1c(Sc2c(F)c3c(c([18F])c2I)OCC3)nc2c(N)ncnc21.CC(C)NCCCn1c(Sc2c([19F])c3c(c([19F])c2I)OCO3)nc2c(N)ncnc21.CC(C)NCCCn1c(Sc2cc3c(cc2I)OCO3)nc2c(N)ncnc21.CC(C)NCCCn1c(Sc2cc3c(cc2I)[15O]CC3)nc2c(N)ncnc21. The first kappa shape index (κ1) is 86.8. The van der Waals surface area contributed by atoms with Crippen molar-refractivity contribution >= 4 is 205 Å². The van der Waals surface area contributed by atoms with E-state index in [-0.39, 0.29) is 71.6 Å². The van der Waals surface area contributed by atoms with Gasteiger partial charge >= 0.3 is 0 Å². The number of nitrogen functional groups attached to an aromatic ring is 4. The number of rotatable bonds is 28. The molecule has 0 radical (unpaired) electrons. The molecule has 42 heteroatoms. The van der Waals surface area contributed by atoms with Gasteiger partial charge in [0.15, 0.2) is 123 Å². The Balaban J connectivity index is 0.000000135. The van der Waals surface area contributed by atoms with Gasteiger partial charge in [-0.25, -0.2) is 77.4 Å². The predicted molar refractivity (Wildman–Crippen MR) is 474 cm³/mol. The Morgan fingerprint density at radius 2 is 0.741 bits per heavy atom. The summed E-state index contributed by atoms with van der Waals surface area (Å²) in [5, 5.41) is 16.3. The zero-order valence-corrected chi connectivity index (χ0v) is 76.1. The van der Waals surface area contributed by atoms with Crippen molar-refractivity contribution in [2.75, 3.05) is 75.9 Å². The van der Waals surface area contributed by atoms with Crippen molar-refractivity contribution in [2.24, 2.45) is 0 Å². The number of benzene rings is 4. The number of fused-ring (bicyclic) bond motifs is 8. The van der Waals surface area contributed by atoms with E-state index in [0.29, 0.717) is 99.0 Å². The van der Waals surface area contributed by atoms with Gasteiger partial charge in [-0.1, -0.05) is 78.9 Å². The monoisotopic (exact) mass is 2110 g/mol. The van der Waals surface area contributed by atoms with Crippen LogP contribution in [-0.4, -0.2) is 155 Å². The van der Waals surface area contributed by atoms with Crippen LogP contribution >= 0.6 is 137 Å². The smallest absolute Gasteiger partial charge is 0.231 e. The molecule has 4 aliphatic heterocycles. The molecule has 12 N–H and O–H groups in total. The molecule has 30 nitrogen and oxygen atoms in total. The number of anilines is 4. The number of imidazole rings is 4. The van der Waals surface area contributed by atoms with Gasteiger partial charge in [0, 0.05) is 85.7 Å². The minimum Gasteiger partial charge on any atom is -0.493 e. The minimum absolute atomic E-state index is 0.0182. The molecule has 0 atom stereocenters. The van der Waals surface area contributed by atoms with Crippen LogP contribution in [0.3, 0.4) is 0 Å². The summed E-state index contributed by atoms with van der Waals surface area (Å²) < 4.78 is 102. The maximum absolute atomic E-state index is 15.2. The van der Waals surface area contributed by atoms with E-state index in [1.165, 1.54) is 35.8 Å². The van der Waals surface area contributed by atoms with Gasteiger partial charge in [-0.05, 0) is 196 Å². The van der Waals surface area contributed by atoms with Gasteiger partial charge in [-0.2, -0.15) is 0 Å². The first-order valence-corrected chi connectivity index (χ1v) is 44.7. The predicted octanol–water partition coefficient (Wildman–Crippen LogP) is 14.1. The lowest BCUT2D eigenvalue weighted by Gasteiger charge is -2.13. The van der Waals surface area contributed by atoms with Crippen LogP contribution in [0.1, 0.15) is 92.2 Å². The highest BCUT2D eigenvalue weighted by atomic mass is 127. The quantitative estimate of drug-likeness (QED) is 0.00977. The Labute approximate surface area is 736 Å². The van der Waals surface area contributed by atoms with Crippen LogP contribution in [0.5, 0.6) is 34.5 Å². The van der Waals surface area contributed by atoms with Crippen molar-refractivity contribution in [1.82, 2.24) is 99.3 Å². The van der Waals surface area contributed by atoms with Crippen LogP contribution in [-0.2, 0) is 39.0 Å².